The number of aryl methyl sites for hydroxylation is 1. The molecule has 0 bridgehead atoms. The van der Waals surface area contributed by atoms with E-state index in [-0.39, 0.29) is 6.61 Å². The van der Waals surface area contributed by atoms with Gasteiger partial charge in [0.15, 0.2) is 0 Å². The molecule has 1 heterocycles. The fourth-order valence-electron chi connectivity index (χ4n) is 3.50. The Kier molecular flexibility index (Phi) is 3.56. The maximum Gasteiger partial charge on any atom is 0.0707 e. The van der Waals surface area contributed by atoms with Crippen molar-refractivity contribution in [2.45, 2.75) is 32.1 Å². The summed E-state index contributed by atoms with van der Waals surface area (Å²) in [4.78, 5) is 0. The van der Waals surface area contributed by atoms with Gasteiger partial charge in [-0.25, -0.2) is 0 Å². The quantitative estimate of drug-likeness (QED) is 0.915. The second kappa shape index (κ2) is 5.33. The van der Waals surface area contributed by atoms with Crippen molar-refractivity contribution in [3.8, 4) is 0 Å². The SMILES string of the molecule is Cn1nc(CC(CO)C2CCCC2)c2ccccc21. The molecule has 2 aromatic rings. The van der Waals surface area contributed by atoms with Crippen molar-refractivity contribution in [1.29, 1.82) is 0 Å². The summed E-state index contributed by atoms with van der Waals surface area (Å²) < 4.78 is 1.95. The van der Waals surface area contributed by atoms with Crippen LogP contribution >= 0.6 is 0 Å². The molecule has 1 fully saturated rings. The van der Waals surface area contributed by atoms with Crippen LogP contribution in [-0.4, -0.2) is 21.5 Å². The molecule has 0 aliphatic heterocycles. The van der Waals surface area contributed by atoms with Gasteiger partial charge in [-0.1, -0.05) is 43.9 Å². The first-order chi connectivity index (χ1) is 9.29. The van der Waals surface area contributed by atoms with E-state index in [1.165, 1.54) is 36.6 Å². The van der Waals surface area contributed by atoms with Crippen molar-refractivity contribution in [3.63, 3.8) is 0 Å². The van der Waals surface area contributed by atoms with Crippen molar-refractivity contribution in [2.75, 3.05) is 6.61 Å². The molecule has 1 unspecified atom stereocenters. The van der Waals surface area contributed by atoms with E-state index in [1.54, 1.807) is 0 Å². The lowest BCUT2D eigenvalue weighted by atomic mass is 9.87. The van der Waals surface area contributed by atoms with Crippen LogP contribution in [0.5, 0.6) is 0 Å². The fourth-order valence-corrected chi connectivity index (χ4v) is 3.50. The van der Waals surface area contributed by atoms with Crippen molar-refractivity contribution in [3.05, 3.63) is 30.0 Å². The third kappa shape index (κ3) is 2.39. The van der Waals surface area contributed by atoms with Gasteiger partial charge in [0.25, 0.3) is 0 Å². The number of aliphatic hydroxyl groups is 1. The van der Waals surface area contributed by atoms with Gasteiger partial charge in [-0.2, -0.15) is 5.10 Å². The zero-order valence-corrected chi connectivity index (χ0v) is 11.5. The summed E-state index contributed by atoms with van der Waals surface area (Å²) in [6.07, 6.45) is 6.10. The molecular formula is C16H22N2O. The monoisotopic (exact) mass is 258 g/mol. The molecule has 1 saturated carbocycles. The minimum absolute atomic E-state index is 0.287. The average molecular weight is 258 g/mol. The Hall–Kier alpha value is -1.35. The second-order valence-electron chi connectivity index (χ2n) is 5.78. The van der Waals surface area contributed by atoms with Gasteiger partial charge in [0, 0.05) is 19.0 Å². The predicted molar refractivity (Wildman–Crippen MR) is 77.0 cm³/mol. The summed E-state index contributed by atoms with van der Waals surface area (Å²) in [6, 6.07) is 8.36. The average Bonchev–Trinajstić information content (AvgIpc) is 3.06. The molecule has 0 amide bonds. The number of hydrogen-bond acceptors (Lipinski definition) is 2. The van der Waals surface area contributed by atoms with E-state index >= 15 is 0 Å². The van der Waals surface area contributed by atoms with Gasteiger partial charge in [-0.05, 0) is 24.3 Å². The maximum atomic E-state index is 9.69. The first-order valence-corrected chi connectivity index (χ1v) is 7.31. The van der Waals surface area contributed by atoms with Crippen LogP contribution < -0.4 is 0 Å². The number of benzene rings is 1. The zero-order chi connectivity index (χ0) is 13.2. The van der Waals surface area contributed by atoms with Gasteiger partial charge in [-0.15, -0.1) is 0 Å². The molecule has 3 heteroatoms. The van der Waals surface area contributed by atoms with E-state index in [0.717, 1.165) is 12.1 Å². The first kappa shape index (κ1) is 12.7. The summed E-state index contributed by atoms with van der Waals surface area (Å²) in [7, 11) is 2.00. The Labute approximate surface area is 114 Å². The van der Waals surface area contributed by atoms with Crippen molar-refractivity contribution in [2.24, 2.45) is 18.9 Å². The summed E-state index contributed by atoms with van der Waals surface area (Å²) in [5.74, 6) is 1.06. The van der Waals surface area contributed by atoms with E-state index in [9.17, 15) is 5.11 Å². The van der Waals surface area contributed by atoms with Crippen LogP contribution in [-0.2, 0) is 13.5 Å². The number of hydrogen-bond donors (Lipinski definition) is 1. The van der Waals surface area contributed by atoms with Crippen molar-refractivity contribution in [1.82, 2.24) is 9.78 Å². The first-order valence-electron chi connectivity index (χ1n) is 7.31. The van der Waals surface area contributed by atoms with E-state index < -0.39 is 0 Å². The highest BCUT2D eigenvalue weighted by Crippen LogP contribution is 2.33. The minimum atomic E-state index is 0.287. The molecule has 3 nitrogen and oxygen atoms in total. The molecule has 1 aliphatic rings. The highest BCUT2D eigenvalue weighted by Gasteiger charge is 2.26. The predicted octanol–water partition coefficient (Wildman–Crippen LogP) is 2.91. The number of nitrogens with zero attached hydrogens (tertiary/aromatic N) is 2. The van der Waals surface area contributed by atoms with Gasteiger partial charge in [0.2, 0.25) is 0 Å². The highest BCUT2D eigenvalue weighted by atomic mass is 16.3. The van der Waals surface area contributed by atoms with Crippen LogP contribution in [0, 0.1) is 11.8 Å². The summed E-state index contributed by atoms with van der Waals surface area (Å²) in [5.41, 5.74) is 2.32. The molecule has 0 radical (unpaired) electrons. The molecule has 1 aromatic carbocycles. The van der Waals surface area contributed by atoms with Crippen molar-refractivity contribution >= 4 is 10.9 Å². The van der Waals surface area contributed by atoms with Gasteiger partial charge in [0.1, 0.15) is 0 Å². The van der Waals surface area contributed by atoms with Gasteiger partial charge in [-0.3, -0.25) is 4.68 Å². The van der Waals surface area contributed by atoms with Crippen LogP contribution in [0.25, 0.3) is 10.9 Å². The summed E-state index contributed by atoms with van der Waals surface area (Å²) in [5, 5.41) is 15.6. The van der Waals surface area contributed by atoms with E-state index in [2.05, 4.69) is 23.3 Å². The minimum Gasteiger partial charge on any atom is -0.396 e. The molecule has 1 aliphatic carbocycles. The normalized spacial score (nSPS) is 18.2. The number of fused-ring (bicyclic) bond motifs is 1. The van der Waals surface area contributed by atoms with E-state index in [1.807, 2.05) is 17.8 Å². The second-order valence-corrected chi connectivity index (χ2v) is 5.78. The lowest BCUT2D eigenvalue weighted by molar-refractivity contribution is 0.175. The zero-order valence-electron chi connectivity index (χ0n) is 11.5. The number of aromatic nitrogens is 2. The number of aliphatic hydroxyl groups excluding tert-OH is 1. The Morgan fingerprint density at radius 2 is 2.05 bits per heavy atom. The Morgan fingerprint density at radius 1 is 1.32 bits per heavy atom. The molecular weight excluding hydrogens is 236 g/mol. The Morgan fingerprint density at radius 3 is 2.79 bits per heavy atom. The Balaban J connectivity index is 1.87. The molecule has 3 rings (SSSR count). The van der Waals surface area contributed by atoms with E-state index in [0.29, 0.717) is 11.8 Å². The lowest BCUT2D eigenvalue weighted by Gasteiger charge is -2.20. The molecule has 19 heavy (non-hydrogen) atoms. The number of rotatable bonds is 4. The maximum absolute atomic E-state index is 9.69. The van der Waals surface area contributed by atoms with Crippen LogP contribution in [0.2, 0.25) is 0 Å². The van der Waals surface area contributed by atoms with Gasteiger partial charge < -0.3 is 5.11 Å². The number of para-hydroxylation sites is 1. The smallest absolute Gasteiger partial charge is 0.0707 e. The molecule has 1 aromatic heterocycles. The summed E-state index contributed by atoms with van der Waals surface area (Å²) in [6.45, 7) is 0.287. The molecule has 0 spiro atoms. The standard InChI is InChI=1S/C16H22N2O/c1-18-16-9-5-4-8-14(16)15(17-18)10-13(11-19)12-6-2-3-7-12/h4-5,8-9,12-13,19H,2-3,6-7,10-11H2,1H3. The molecule has 1 N–H and O–H groups in total. The van der Waals surface area contributed by atoms with Crippen LogP contribution in [0.3, 0.4) is 0 Å². The lowest BCUT2D eigenvalue weighted by Crippen LogP contribution is -2.19. The van der Waals surface area contributed by atoms with Gasteiger partial charge >= 0.3 is 0 Å². The van der Waals surface area contributed by atoms with Crippen molar-refractivity contribution < 1.29 is 5.11 Å². The molecule has 102 valence electrons. The van der Waals surface area contributed by atoms with Crippen LogP contribution in [0.15, 0.2) is 24.3 Å². The molecule has 0 saturated heterocycles. The van der Waals surface area contributed by atoms with Crippen LogP contribution in [0.4, 0.5) is 0 Å². The van der Waals surface area contributed by atoms with E-state index in [4.69, 9.17) is 0 Å². The third-order valence-corrected chi connectivity index (χ3v) is 4.59. The Bertz CT molecular complexity index is 555. The van der Waals surface area contributed by atoms with Gasteiger partial charge in [0.05, 0.1) is 11.2 Å². The fraction of sp³-hybridized carbons (Fsp3) is 0.562. The largest absolute Gasteiger partial charge is 0.396 e. The summed E-state index contributed by atoms with van der Waals surface area (Å²) >= 11 is 0. The highest BCUT2D eigenvalue weighted by molar-refractivity contribution is 5.81. The third-order valence-electron chi connectivity index (χ3n) is 4.59. The molecule has 1 atom stereocenters. The van der Waals surface area contributed by atoms with Crippen LogP contribution in [0.1, 0.15) is 31.4 Å². The topological polar surface area (TPSA) is 38.0 Å².